The number of unbranched alkanes of at least 4 members (excludes halogenated alkanes) is 1. The lowest BCUT2D eigenvalue weighted by Crippen LogP contribution is -2.53. The van der Waals surface area contributed by atoms with Gasteiger partial charge in [0, 0.05) is 24.5 Å². The molecule has 236 valence electrons. The fourth-order valence-corrected chi connectivity index (χ4v) is 6.59. The van der Waals surface area contributed by atoms with E-state index in [1.165, 1.54) is 35.2 Å². The largest absolute Gasteiger partial charge is 0.354 e. The zero-order chi connectivity index (χ0) is 32.4. The first-order chi connectivity index (χ1) is 21.6. The number of rotatable bonds is 14. The molecule has 4 aromatic rings. The van der Waals surface area contributed by atoms with Gasteiger partial charge < -0.3 is 10.2 Å². The van der Waals surface area contributed by atoms with Crippen LogP contribution in [0.4, 0.5) is 10.1 Å². The minimum atomic E-state index is -4.25. The lowest BCUT2D eigenvalue weighted by Gasteiger charge is -2.34. The Balaban J connectivity index is 1.81. The highest BCUT2D eigenvalue weighted by Gasteiger charge is 2.35. The number of benzene rings is 4. The van der Waals surface area contributed by atoms with Crippen molar-refractivity contribution in [3.05, 3.63) is 131 Å². The summed E-state index contributed by atoms with van der Waals surface area (Å²) in [6.45, 7) is 3.52. The van der Waals surface area contributed by atoms with Crippen LogP contribution in [0.2, 0.25) is 5.02 Å². The van der Waals surface area contributed by atoms with Crippen molar-refractivity contribution in [1.29, 1.82) is 0 Å². The highest BCUT2D eigenvalue weighted by atomic mass is 35.5. The number of hydrogen-bond donors (Lipinski definition) is 1. The number of aryl methyl sites for hydroxylation is 1. The molecule has 0 aliphatic rings. The molecule has 45 heavy (non-hydrogen) atoms. The van der Waals surface area contributed by atoms with Crippen LogP contribution in [-0.4, -0.2) is 44.3 Å². The molecule has 0 radical (unpaired) electrons. The second kappa shape index (κ2) is 15.7. The van der Waals surface area contributed by atoms with Gasteiger partial charge in [-0.2, -0.15) is 0 Å². The van der Waals surface area contributed by atoms with Gasteiger partial charge in [0.1, 0.15) is 18.4 Å². The standard InChI is InChI=1S/C35H37ClFN3O4S/c1-3-4-21-38-35(42)33(22-27-11-7-5-8-12-27)39(24-28-16-19-30(37)20-17-28)34(41)25-40(32-23-29(36)18-15-26(32)2)45(43,44)31-13-9-6-10-14-31/h5-20,23,33H,3-4,21-22,24-25H2,1-2H3,(H,38,42)/t33-/m1/s1. The van der Waals surface area contributed by atoms with Crippen molar-refractivity contribution in [2.24, 2.45) is 0 Å². The Labute approximate surface area is 269 Å². The Morgan fingerprint density at radius 2 is 1.53 bits per heavy atom. The first-order valence-corrected chi connectivity index (χ1v) is 16.6. The van der Waals surface area contributed by atoms with E-state index in [0.717, 1.165) is 22.7 Å². The van der Waals surface area contributed by atoms with Crippen LogP contribution in [0.5, 0.6) is 0 Å². The molecule has 0 fully saturated rings. The molecule has 0 aromatic heterocycles. The Kier molecular flexibility index (Phi) is 11.7. The van der Waals surface area contributed by atoms with Gasteiger partial charge in [-0.1, -0.05) is 91.7 Å². The van der Waals surface area contributed by atoms with E-state index in [1.54, 1.807) is 49.4 Å². The first-order valence-electron chi connectivity index (χ1n) is 14.8. The summed E-state index contributed by atoms with van der Waals surface area (Å²) in [6.07, 6.45) is 1.81. The number of hydrogen-bond acceptors (Lipinski definition) is 4. The molecule has 0 aliphatic heterocycles. The number of anilines is 1. The third-order valence-corrected chi connectivity index (χ3v) is 9.43. The molecule has 0 saturated carbocycles. The van der Waals surface area contributed by atoms with Crippen molar-refractivity contribution in [2.75, 3.05) is 17.4 Å². The molecule has 0 bridgehead atoms. The van der Waals surface area contributed by atoms with Gasteiger partial charge in [0.05, 0.1) is 10.6 Å². The Morgan fingerprint density at radius 1 is 0.889 bits per heavy atom. The smallest absolute Gasteiger partial charge is 0.264 e. The third-order valence-electron chi connectivity index (χ3n) is 7.42. The molecule has 0 unspecified atom stereocenters. The van der Waals surface area contributed by atoms with E-state index >= 15 is 0 Å². The van der Waals surface area contributed by atoms with E-state index < -0.39 is 34.3 Å². The number of halogens is 2. The highest BCUT2D eigenvalue weighted by Crippen LogP contribution is 2.30. The van der Waals surface area contributed by atoms with Crippen LogP contribution in [0.25, 0.3) is 0 Å². The average Bonchev–Trinajstić information content (AvgIpc) is 3.04. The zero-order valence-electron chi connectivity index (χ0n) is 25.3. The lowest BCUT2D eigenvalue weighted by atomic mass is 10.0. The molecular formula is C35H37ClFN3O4S. The molecular weight excluding hydrogens is 613 g/mol. The predicted molar refractivity (Wildman–Crippen MR) is 176 cm³/mol. The van der Waals surface area contributed by atoms with Crippen molar-refractivity contribution >= 4 is 39.1 Å². The molecule has 7 nitrogen and oxygen atoms in total. The van der Waals surface area contributed by atoms with E-state index in [1.807, 2.05) is 37.3 Å². The van der Waals surface area contributed by atoms with Crippen molar-refractivity contribution in [3.8, 4) is 0 Å². The number of amides is 2. The molecule has 0 saturated heterocycles. The molecule has 1 N–H and O–H groups in total. The predicted octanol–water partition coefficient (Wildman–Crippen LogP) is 6.54. The van der Waals surface area contributed by atoms with Gasteiger partial charge >= 0.3 is 0 Å². The van der Waals surface area contributed by atoms with Crippen molar-refractivity contribution in [3.63, 3.8) is 0 Å². The maximum absolute atomic E-state index is 14.5. The minimum Gasteiger partial charge on any atom is -0.354 e. The van der Waals surface area contributed by atoms with Gasteiger partial charge in [0.2, 0.25) is 11.8 Å². The molecule has 4 rings (SSSR count). The van der Waals surface area contributed by atoms with Crippen molar-refractivity contribution < 1.29 is 22.4 Å². The number of carbonyl (C=O) groups is 2. The van der Waals surface area contributed by atoms with Crippen LogP contribution in [0.15, 0.2) is 108 Å². The maximum atomic E-state index is 14.5. The van der Waals surface area contributed by atoms with Gasteiger partial charge in [0.25, 0.3) is 10.0 Å². The molecule has 0 aliphatic carbocycles. The van der Waals surface area contributed by atoms with Gasteiger partial charge in [-0.15, -0.1) is 0 Å². The number of sulfonamides is 1. The van der Waals surface area contributed by atoms with E-state index in [0.29, 0.717) is 22.7 Å². The molecule has 1 atom stereocenters. The number of carbonyl (C=O) groups excluding carboxylic acids is 2. The van der Waals surface area contributed by atoms with Gasteiger partial charge in [0.15, 0.2) is 0 Å². The van der Waals surface area contributed by atoms with E-state index in [2.05, 4.69) is 5.32 Å². The summed E-state index contributed by atoms with van der Waals surface area (Å²) in [6, 6.07) is 26.7. The van der Waals surface area contributed by atoms with Crippen LogP contribution in [0, 0.1) is 12.7 Å². The summed E-state index contributed by atoms with van der Waals surface area (Å²) in [5, 5.41) is 3.25. The molecule has 0 spiro atoms. The second-order valence-corrected chi connectivity index (χ2v) is 13.1. The minimum absolute atomic E-state index is 0.000374. The Hall–Kier alpha value is -4.21. The maximum Gasteiger partial charge on any atom is 0.264 e. The summed E-state index contributed by atoms with van der Waals surface area (Å²) in [7, 11) is -4.25. The lowest BCUT2D eigenvalue weighted by molar-refractivity contribution is -0.140. The molecule has 0 heterocycles. The van der Waals surface area contributed by atoms with Gasteiger partial charge in [-0.25, -0.2) is 12.8 Å². The number of nitrogens with one attached hydrogen (secondary N) is 1. The molecule has 10 heteroatoms. The topological polar surface area (TPSA) is 86.8 Å². The van der Waals surface area contributed by atoms with Crippen LogP contribution in [0.1, 0.15) is 36.5 Å². The fourth-order valence-electron chi connectivity index (χ4n) is 4.93. The van der Waals surface area contributed by atoms with E-state index in [4.69, 9.17) is 11.6 Å². The third kappa shape index (κ3) is 8.93. The number of nitrogens with zero attached hydrogens (tertiary/aromatic N) is 2. The summed E-state index contributed by atoms with van der Waals surface area (Å²) in [5.74, 6) is -1.41. The van der Waals surface area contributed by atoms with Gasteiger partial charge in [-0.3, -0.25) is 13.9 Å². The second-order valence-electron chi connectivity index (χ2n) is 10.8. The van der Waals surface area contributed by atoms with Crippen LogP contribution in [-0.2, 0) is 32.6 Å². The van der Waals surface area contributed by atoms with E-state index in [9.17, 15) is 22.4 Å². The highest BCUT2D eigenvalue weighted by molar-refractivity contribution is 7.92. The fraction of sp³-hybridized carbons (Fsp3) is 0.257. The molecule has 2 amide bonds. The first kappa shape index (κ1) is 33.7. The quantitative estimate of drug-likeness (QED) is 0.157. The summed E-state index contributed by atoms with van der Waals surface area (Å²) < 4.78 is 43.1. The van der Waals surface area contributed by atoms with Crippen molar-refractivity contribution in [2.45, 2.75) is 50.6 Å². The summed E-state index contributed by atoms with van der Waals surface area (Å²) in [5.41, 5.74) is 2.24. The van der Waals surface area contributed by atoms with Gasteiger partial charge in [-0.05, 0) is 66.4 Å². The zero-order valence-corrected chi connectivity index (χ0v) is 26.9. The SMILES string of the molecule is CCCCNC(=O)[C@@H](Cc1ccccc1)N(Cc1ccc(F)cc1)C(=O)CN(c1cc(Cl)ccc1C)S(=O)(=O)c1ccccc1. The van der Waals surface area contributed by atoms with E-state index in [-0.39, 0.29) is 29.5 Å². The van der Waals surface area contributed by atoms with Crippen LogP contribution in [0.3, 0.4) is 0 Å². The van der Waals surface area contributed by atoms with Crippen LogP contribution >= 0.6 is 11.6 Å². The van der Waals surface area contributed by atoms with Crippen molar-refractivity contribution in [1.82, 2.24) is 10.2 Å². The average molecular weight is 650 g/mol. The molecule has 4 aromatic carbocycles. The van der Waals surface area contributed by atoms with Crippen LogP contribution < -0.4 is 9.62 Å². The Morgan fingerprint density at radius 3 is 2.18 bits per heavy atom. The summed E-state index contributed by atoms with van der Waals surface area (Å²) >= 11 is 6.32. The summed E-state index contributed by atoms with van der Waals surface area (Å²) in [4.78, 5) is 29.6. The monoisotopic (exact) mass is 649 g/mol. The Bertz CT molecular complexity index is 1690. The normalized spacial score (nSPS) is 11.9.